The molecule has 42 heavy (non-hydrogen) atoms. The van der Waals surface area contributed by atoms with Crippen LogP contribution in [0.5, 0.6) is 0 Å². The summed E-state index contributed by atoms with van der Waals surface area (Å²) in [5, 5.41) is 0. The first-order valence-corrected chi connectivity index (χ1v) is 18.9. The highest BCUT2D eigenvalue weighted by Gasteiger charge is 2.26. The third-order valence-electron chi connectivity index (χ3n) is 9.62. The molecule has 0 aliphatic carbocycles. The Labute approximate surface area is 262 Å². The summed E-state index contributed by atoms with van der Waals surface area (Å²) in [6, 6.07) is 11.9. The zero-order valence-corrected chi connectivity index (χ0v) is 28.3. The molecule has 2 nitrogen and oxygen atoms in total. The summed E-state index contributed by atoms with van der Waals surface area (Å²) >= 11 is 0. The van der Waals surface area contributed by atoms with Gasteiger partial charge < -0.3 is 0 Å². The third-order valence-corrected chi connectivity index (χ3v) is 9.62. The molecule has 0 radical (unpaired) electrons. The van der Waals surface area contributed by atoms with Gasteiger partial charge in [-0.3, -0.25) is 4.98 Å². The van der Waals surface area contributed by atoms with Crippen LogP contribution in [0.2, 0.25) is 0 Å². The van der Waals surface area contributed by atoms with Gasteiger partial charge in [0.05, 0.1) is 0 Å². The van der Waals surface area contributed by atoms with Crippen LogP contribution in [0.15, 0.2) is 49.1 Å². The second kappa shape index (κ2) is 27.0. The van der Waals surface area contributed by atoms with Crippen molar-refractivity contribution in [1.82, 2.24) is 4.98 Å². The molecule has 1 aromatic carbocycles. The van der Waals surface area contributed by atoms with Crippen molar-refractivity contribution in [1.29, 1.82) is 0 Å². The van der Waals surface area contributed by atoms with Crippen LogP contribution in [0.3, 0.4) is 0 Å². The van der Waals surface area contributed by atoms with E-state index in [-0.39, 0.29) is 0 Å². The number of hydrogen-bond acceptors (Lipinski definition) is 0. The topological polar surface area (TPSA) is 19.7 Å². The van der Waals surface area contributed by atoms with Gasteiger partial charge in [0.25, 0.3) is 0 Å². The van der Waals surface area contributed by atoms with E-state index in [1.165, 1.54) is 179 Å². The van der Waals surface area contributed by atoms with Crippen LogP contribution >= 0.6 is 0 Å². The second-order valence-electron chi connectivity index (χ2n) is 13.4. The van der Waals surface area contributed by atoms with Crippen molar-refractivity contribution < 1.29 is 4.57 Å². The number of hydrogen-bond donors (Lipinski definition) is 1. The first-order valence-electron chi connectivity index (χ1n) is 18.9. The molecule has 2 aromatic rings. The fraction of sp³-hybridized carbons (Fsp3) is 0.775. The normalized spacial score (nSPS) is 13.0. The average molecular weight is 580 g/mol. The van der Waals surface area contributed by atoms with Gasteiger partial charge in [-0.15, -0.1) is 0 Å². The van der Waals surface area contributed by atoms with Gasteiger partial charge in [0, 0.05) is 5.92 Å². The van der Waals surface area contributed by atoms with E-state index in [0.29, 0.717) is 12.0 Å². The lowest BCUT2D eigenvalue weighted by atomic mass is 9.84. The van der Waals surface area contributed by atoms with E-state index in [1.807, 2.05) is 0 Å². The molecule has 0 aliphatic heterocycles. The van der Waals surface area contributed by atoms with Crippen molar-refractivity contribution in [3.63, 3.8) is 0 Å². The molecule has 1 aromatic heterocycles. The maximum Gasteiger partial charge on any atom is 0.241 e. The number of aromatic amines is 1. The molecule has 0 aliphatic rings. The van der Waals surface area contributed by atoms with Gasteiger partial charge in [-0.05, 0) is 31.2 Å². The van der Waals surface area contributed by atoms with E-state index in [9.17, 15) is 0 Å². The summed E-state index contributed by atoms with van der Waals surface area (Å²) in [7, 11) is 0. The smallest absolute Gasteiger partial charge is 0.241 e. The number of rotatable bonds is 30. The van der Waals surface area contributed by atoms with Crippen LogP contribution in [0.25, 0.3) is 0 Å². The lowest BCUT2D eigenvalue weighted by Gasteiger charge is -2.25. The van der Waals surface area contributed by atoms with Crippen LogP contribution in [0.4, 0.5) is 0 Å². The average Bonchev–Trinajstić information content (AvgIpc) is 3.55. The lowest BCUT2D eigenvalue weighted by molar-refractivity contribution is -0.730. The molecule has 2 heteroatoms. The van der Waals surface area contributed by atoms with Crippen molar-refractivity contribution in [3.05, 3.63) is 54.6 Å². The van der Waals surface area contributed by atoms with Gasteiger partial charge >= 0.3 is 0 Å². The molecule has 0 bridgehead atoms. The van der Waals surface area contributed by atoms with Gasteiger partial charge in [0.15, 0.2) is 0 Å². The fourth-order valence-corrected chi connectivity index (χ4v) is 6.93. The minimum Gasteiger partial charge on any atom is -0.250 e. The first-order chi connectivity index (χ1) is 20.8. The molecule has 2 unspecified atom stereocenters. The first kappa shape index (κ1) is 36.6. The zero-order chi connectivity index (χ0) is 29.8. The molecular weight excluding hydrogens is 508 g/mol. The lowest BCUT2D eigenvalue weighted by Crippen LogP contribution is -2.42. The Bertz CT molecular complexity index is 783. The second-order valence-corrected chi connectivity index (χ2v) is 13.4. The fourth-order valence-electron chi connectivity index (χ4n) is 6.93. The molecule has 1 N–H and O–H groups in total. The monoisotopic (exact) mass is 580 g/mol. The Kier molecular flexibility index (Phi) is 23.6. The number of nitrogens with one attached hydrogen (secondary N) is 1. The summed E-state index contributed by atoms with van der Waals surface area (Å²) in [6.07, 6.45) is 44.7. The van der Waals surface area contributed by atoms with Crippen molar-refractivity contribution in [2.24, 2.45) is 5.92 Å². The highest BCUT2D eigenvalue weighted by atomic mass is 15.1. The zero-order valence-electron chi connectivity index (χ0n) is 28.3. The van der Waals surface area contributed by atoms with Crippen LogP contribution in [-0.2, 0) is 6.42 Å². The van der Waals surface area contributed by atoms with E-state index in [4.69, 9.17) is 0 Å². The van der Waals surface area contributed by atoms with E-state index < -0.39 is 0 Å². The van der Waals surface area contributed by atoms with Crippen molar-refractivity contribution in [3.8, 4) is 0 Å². The molecular formula is C40H71N2+. The summed E-state index contributed by atoms with van der Waals surface area (Å²) in [6.45, 7) is 4.62. The standard InChI is InChI=1S/C40H70N2/c1-3-5-7-9-11-13-15-16-17-18-20-22-24-29-33-40(42-35-34-41-37-42)39(36-38-30-26-25-27-31-38)32-28-23-21-19-14-12-10-8-6-4-2/h25-27,30-31,34-35,37,39-40H,3-24,28-29,32-33,36H2,1-2H3/p+1. The third kappa shape index (κ3) is 18.9. The van der Waals surface area contributed by atoms with Gasteiger partial charge in [-0.2, -0.15) is 0 Å². The molecule has 0 saturated heterocycles. The Morgan fingerprint density at radius 3 is 1.38 bits per heavy atom. The Balaban J connectivity index is 1.70. The molecule has 0 spiro atoms. The number of imidazole rings is 1. The summed E-state index contributed by atoms with van der Waals surface area (Å²) in [5.74, 6) is 0.712. The van der Waals surface area contributed by atoms with Crippen molar-refractivity contribution in [2.75, 3.05) is 0 Å². The van der Waals surface area contributed by atoms with Crippen LogP contribution in [-0.4, -0.2) is 4.98 Å². The number of H-pyrrole nitrogens is 1. The van der Waals surface area contributed by atoms with Crippen LogP contribution < -0.4 is 4.57 Å². The van der Waals surface area contributed by atoms with E-state index in [1.54, 1.807) is 0 Å². The molecule has 0 amide bonds. The number of aromatic nitrogens is 2. The SMILES string of the molecule is CCCCCCCCCCCCCCCCC(C(CCCCCCCCCCCC)Cc1ccccc1)[n+]1cc[nH]c1. The maximum atomic E-state index is 3.35. The van der Waals surface area contributed by atoms with Crippen molar-refractivity contribution >= 4 is 0 Å². The minimum absolute atomic E-state index is 0.604. The molecule has 0 saturated carbocycles. The van der Waals surface area contributed by atoms with Crippen LogP contribution in [0, 0.1) is 5.92 Å². The summed E-state index contributed by atoms with van der Waals surface area (Å²) < 4.78 is 2.51. The molecule has 240 valence electrons. The largest absolute Gasteiger partial charge is 0.250 e. The van der Waals surface area contributed by atoms with Gasteiger partial charge in [0.2, 0.25) is 6.33 Å². The van der Waals surface area contributed by atoms with Gasteiger partial charge in [0.1, 0.15) is 18.4 Å². The summed E-state index contributed by atoms with van der Waals surface area (Å²) in [4.78, 5) is 3.35. The van der Waals surface area contributed by atoms with Crippen molar-refractivity contribution in [2.45, 2.75) is 193 Å². The maximum absolute atomic E-state index is 3.35. The molecule has 1 heterocycles. The quantitative estimate of drug-likeness (QED) is 0.0701. The Morgan fingerprint density at radius 2 is 0.952 bits per heavy atom. The summed E-state index contributed by atoms with van der Waals surface area (Å²) in [5.41, 5.74) is 1.51. The van der Waals surface area contributed by atoms with E-state index >= 15 is 0 Å². The number of nitrogens with zero attached hydrogens (tertiary/aromatic N) is 1. The van der Waals surface area contributed by atoms with E-state index in [0.717, 1.165) is 0 Å². The Hall–Kier alpha value is -1.57. The van der Waals surface area contributed by atoms with Gasteiger partial charge in [-0.1, -0.05) is 192 Å². The predicted molar refractivity (Wildman–Crippen MR) is 185 cm³/mol. The predicted octanol–water partition coefficient (Wildman–Crippen LogP) is 12.9. The molecule has 2 rings (SSSR count). The number of unbranched alkanes of at least 4 members (excludes halogenated alkanes) is 22. The highest BCUT2D eigenvalue weighted by Crippen LogP contribution is 2.29. The van der Waals surface area contributed by atoms with Crippen LogP contribution in [0.1, 0.15) is 192 Å². The van der Waals surface area contributed by atoms with Gasteiger partial charge in [-0.25, -0.2) is 4.57 Å². The molecule has 2 atom stereocenters. The number of benzene rings is 1. The minimum atomic E-state index is 0.604. The highest BCUT2D eigenvalue weighted by molar-refractivity contribution is 5.15. The Morgan fingerprint density at radius 1 is 0.524 bits per heavy atom. The molecule has 0 fully saturated rings. The van der Waals surface area contributed by atoms with E-state index in [2.05, 4.69) is 72.5 Å².